The zero-order valence-electron chi connectivity index (χ0n) is 32.2. The molecule has 4 rings (SSSR count). The number of rotatable bonds is 22. The number of esters is 3. The van der Waals surface area contributed by atoms with E-state index in [0.29, 0.717) is 65.5 Å². The average molecular weight is 763 g/mol. The highest BCUT2D eigenvalue weighted by molar-refractivity contribution is 6.09. The smallest absolute Gasteiger partial charge is 0.348 e. The third-order valence-corrected chi connectivity index (χ3v) is 9.86. The lowest BCUT2D eigenvalue weighted by Gasteiger charge is -2.28. The summed E-state index contributed by atoms with van der Waals surface area (Å²) in [6, 6.07) is 31.6. The minimum atomic E-state index is -1.69. The number of ketones is 2. The summed E-state index contributed by atoms with van der Waals surface area (Å²) in [7, 11) is 0. The van der Waals surface area contributed by atoms with Crippen LogP contribution in [0, 0.1) is 0 Å². The fraction of sp³-hybridized carbons (Fsp3) is 0.348. The number of hydrogen-bond donors (Lipinski definition) is 1. The Hall–Kier alpha value is -5.90. The number of carboxylic acids is 1. The Balaban J connectivity index is 1.13. The van der Waals surface area contributed by atoms with Gasteiger partial charge in [-0.25, -0.2) is 4.79 Å². The normalized spacial score (nSPS) is 13.1. The van der Waals surface area contributed by atoms with E-state index in [1.165, 1.54) is 0 Å². The van der Waals surface area contributed by atoms with Gasteiger partial charge in [0.25, 0.3) is 0 Å². The van der Waals surface area contributed by atoms with Gasteiger partial charge in [-0.05, 0) is 76.0 Å². The van der Waals surface area contributed by atoms with E-state index in [4.69, 9.17) is 14.2 Å². The molecule has 1 N–H and O–H groups in total. The number of carboxylic acid groups (broad SMARTS) is 1. The molecule has 4 aromatic rings. The number of unbranched alkanes of at least 4 members (excludes halogenated alkanes) is 3. The predicted molar refractivity (Wildman–Crippen MR) is 210 cm³/mol. The largest absolute Gasteiger partial charge is 0.478 e. The van der Waals surface area contributed by atoms with Crippen molar-refractivity contribution in [1.82, 2.24) is 0 Å². The summed E-state index contributed by atoms with van der Waals surface area (Å²) in [5.74, 6) is -4.10. The second-order valence-electron chi connectivity index (χ2n) is 13.8. The maximum absolute atomic E-state index is 12.8. The molecule has 0 aliphatic carbocycles. The Morgan fingerprint density at radius 1 is 0.571 bits per heavy atom. The summed E-state index contributed by atoms with van der Waals surface area (Å²) in [5, 5.41) is 10.0. The fourth-order valence-electron chi connectivity index (χ4n) is 6.18. The lowest BCUT2D eigenvalue weighted by molar-refractivity contribution is -0.180. The van der Waals surface area contributed by atoms with Gasteiger partial charge in [0, 0.05) is 28.7 Å². The summed E-state index contributed by atoms with van der Waals surface area (Å²) >= 11 is 0. The third-order valence-electron chi connectivity index (χ3n) is 9.86. The SMILES string of the molecule is CC[C@](CCCCOC(=O)[C@H](C)c1ccc(C(=O)c2ccccc2)cc1)(OC(=O)CCCCCOC(=O)[C@H](C)c1cccc(C(=O)c2ccccc2)c1)C(=O)O. The van der Waals surface area contributed by atoms with Crippen molar-refractivity contribution in [2.75, 3.05) is 13.2 Å². The summed E-state index contributed by atoms with van der Waals surface area (Å²) in [6.07, 6.45) is 2.37. The van der Waals surface area contributed by atoms with Crippen LogP contribution in [0.25, 0.3) is 0 Å². The van der Waals surface area contributed by atoms with Crippen LogP contribution in [0.1, 0.15) is 127 Å². The maximum Gasteiger partial charge on any atom is 0.348 e. The lowest BCUT2D eigenvalue weighted by atomic mass is 9.93. The number of carbonyl (C=O) groups excluding carboxylic acids is 5. The predicted octanol–water partition coefficient (Wildman–Crippen LogP) is 8.65. The molecular formula is C46H50O10. The van der Waals surface area contributed by atoms with Gasteiger partial charge in [-0.15, -0.1) is 0 Å². The quantitative estimate of drug-likeness (QED) is 0.0357. The van der Waals surface area contributed by atoms with Crippen LogP contribution in [0.15, 0.2) is 109 Å². The Kier molecular flexibility index (Phi) is 16.3. The van der Waals surface area contributed by atoms with Gasteiger partial charge < -0.3 is 19.3 Å². The first-order valence-electron chi connectivity index (χ1n) is 19.1. The molecule has 56 heavy (non-hydrogen) atoms. The van der Waals surface area contributed by atoms with Crippen molar-refractivity contribution in [3.8, 4) is 0 Å². The van der Waals surface area contributed by atoms with Gasteiger partial charge in [0.05, 0.1) is 25.0 Å². The molecule has 0 saturated heterocycles. The minimum absolute atomic E-state index is 0.0124. The van der Waals surface area contributed by atoms with Crippen molar-refractivity contribution < 1.29 is 48.1 Å². The molecule has 0 radical (unpaired) electrons. The maximum atomic E-state index is 12.8. The number of hydrogen-bond acceptors (Lipinski definition) is 9. The van der Waals surface area contributed by atoms with Gasteiger partial charge in [0.2, 0.25) is 5.60 Å². The van der Waals surface area contributed by atoms with E-state index in [2.05, 4.69) is 0 Å². The molecule has 0 amide bonds. The van der Waals surface area contributed by atoms with Crippen molar-refractivity contribution in [1.29, 1.82) is 0 Å². The molecule has 0 aliphatic rings. The first-order valence-corrected chi connectivity index (χ1v) is 19.1. The van der Waals surface area contributed by atoms with Gasteiger partial charge in [-0.2, -0.15) is 0 Å². The molecule has 10 nitrogen and oxygen atoms in total. The Morgan fingerprint density at radius 3 is 1.62 bits per heavy atom. The number of carbonyl (C=O) groups is 6. The molecule has 0 aromatic heterocycles. The zero-order chi connectivity index (χ0) is 40.5. The van der Waals surface area contributed by atoms with Crippen LogP contribution in [0.5, 0.6) is 0 Å². The Morgan fingerprint density at radius 2 is 1.07 bits per heavy atom. The van der Waals surface area contributed by atoms with E-state index < -0.39 is 41.3 Å². The molecule has 10 heteroatoms. The van der Waals surface area contributed by atoms with E-state index in [1.54, 1.807) is 118 Å². The van der Waals surface area contributed by atoms with Crippen LogP contribution in [-0.2, 0) is 33.4 Å². The molecule has 0 fully saturated rings. The third kappa shape index (κ3) is 12.1. The van der Waals surface area contributed by atoms with Gasteiger partial charge in [-0.3, -0.25) is 24.0 Å². The molecule has 0 aliphatic heterocycles. The molecule has 3 atom stereocenters. The number of ether oxygens (including phenoxy) is 3. The number of benzene rings is 4. The average Bonchev–Trinajstić information content (AvgIpc) is 3.23. The van der Waals surface area contributed by atoms with Crippen LogP contribution in [0.4, 0.5) is 0 Å². The molecule has 294 valence electrons. The monoisotopic (exact) mass is 762 g/mol. The molecule has 4 aromatic carbocycles. The van der Waals surface area contributed by atoms with Crippen molar-refractivity contribution in [3.05, 3.63) is 143 Å². The van der Waals surface area contributed by atoms with Gasteiger partial charge in [0.15, 0.2) is 11.6 Å². The second-order valence-corrected chi connectivity index (χ2v) is 13.8. The fourth-order valence-corrected chi connectivity index (χ4v) is 6.18. The summed E-state index contributed by atoms with van der Waals surface area (Å²) < 4.78 is 16.4. The summed E-state index contributed by atoms with van der Waals surface area (Å²) in [5.41, 5.74) is 1.83. The highest BCUT2D eigenvalue weighted by Gasteiger charge is 2.40. The van der Waals surface area contributed by atoms with Crippen molar-refractivity contribution in [3.63, 3.8) is 0 Å². The van der Waals surface area contributed by atoms with E-state index in [9.17, 15) is 33.9 Å². The van der Waals surface area contributed by atoms with Crippen LogP contribution < -0.4 is 0 Å². The van der Waals surface area contributed by atoms with Crippen LogP contribution in [0.2, 0.25) is 0 Å². The standard InChI is InChI=1S/C46H50O10/c1-4-46(45(52)53,28-13-15-30-55-43(50)32(2)34-24-26-37(27-25-34)41(48)35-17-8-5-9-18-35)56-40(47)23-12-7-14-29-54-44(51)33(3)38-21-16-22-39(31-38)42(49)36-19-10-6-11-20-36/h5-6,8-11,16-22,24-27,31-33H,4,7,12-15,23,28-30H2,1-3H3,(H,52,53)/t32-,33-,46-/m1/s1. The highest BCUT2D eigenvalue weighted by Crippen LogP contribution is 2.26. The topological polar surface area (TPSA) is 150 Å². The Labute approximate surface area is 328 Å². The van der Waals surface area contributed by atoms with E-state index >= 15 is 0 Å². The van der Waals surface area contributed by atoms with Gasteiger partial charge in [-0.1, -0.05) is 110 Å². The summed E-state index contributed by atoms with van der Waals surface area (Å²) in [4.78, 5) is 75.9. The molecule has 0 spiro atoms. The Bertz CT molecular complexity index is 1940. The summed E-state index contributed by atoms with van der Waals surface area (Å²) in [6.45, 7) is 5.31. The van der Waals surface area contributed by atoms with Gasteiger partial charge in [0.1, 0.15) is 0 Å². The highest BCUT2D eigenvalue weighted by atomic mass is 16.6. The number of aliphatic carboxylic acids is 1. The van der Waals surface area contributed by atoms with E-state index in [0.717, 1.165) is 0 Å². The minimum Gasteiger partial charge on any atom is -0.478 e. The van der Waals surface area contributed by atoms with Crippen LogP contribution in [-0.4, -0.2) is 59.4 Å². The van der Waals surface area contributed by atoms with Crippen LogP contribution in [0.3, 0.4) is 0 Å². The second kappa shape index (κ2) is 21.3. The van der Waals surface area contributed by atoms with E-state index in [-0.39, 0.29) is 44.0 Å². The van der Waals surface area contributed by atoms with Crippen molar-refractivity contribution >= 4 is 35.4 Å². The van der Waals surface area contributed by atoms with Crippen LogP contribution >= 0.6 is 0 Å². The first kappa shape index (κ1) is 42.8. The molecular weight excluding hydrogens is 712 g/mol. The molecule has 0 saturated carbocycles. The lowest BCUT2D eigenvalue weighted by Crippen LogP contribution is -2.43. The van der Waals surface area contributed by atoms with Crippen molar-refractivity contribution in [2.24, 2.45) is 0 Å². The van der Waals surface area contributed by atoms with Gasteiger partial charge >= 0.3 is 23.9 Å². The molecule has 0 bridgehead atoms. The van der Waals surface area contributed by atoms with E-state index in [1.807, 2.05) is 12.1 Å². The van der Waals surface area contributed by atoms with Crippen molar-refractivity contribution in [2.45, 2.75) is 89.6 Å². The molecule has 0 heterocycles. The zero-order valence-corrected chi connectivity index (χ0v) is 32.2. The first-order chi connectivity index (χ1) is 27.0. The molecule has 0 unspecified atom stereocenters.